The van der Waals surface area contributed by atoms with Gasteiger partial charge in [-0.3, -0.25) is 9.63 Å². The summed E-state index contributed by atoms with van der Waals surface area (Å²) < 4.78 is 19.0. The maximum absolute atomic E-state index is 13.6. The molecule has 6 heteroatoms. The third kappa shape index (κ3) is 3.39. The number of para-hydroxylation sites is 2. The van der Waals surface area contributed by atoms with Crippen molar-refractivity contribution in [2.24, 2.45) is 0 Å². The van der Waals surface area contributed by atoms with Crippen LogP contribution in [0.5, 0.6) is 17.2 Å². The Morgan fingerprint density at radius 1 is 1.30 bits per heavy atom. The van der Waals surface area contributed by atoms with E-state index in [1.807, 2.05) is 4.84 Å². The van der Waals surface area contributed by atoms with Gasteiger partial charge < -0.3 is 9.84 Å². The summed E-state index contributed by atoms with van der Waals surface area (Å²) in [7, 11) is 0. The van der Waals surface area contributed by atoms with E-state index in [2.05, 4.69) is 0 Å². The lowest BCUT2D eigenvalue weighted by Crippen LogP contribution is -2.15. The zero-order valence-electron chi connectivity index (χ0n) is 10.3. The molecule has 0 bridgehead atoms. The summed E-state index contributed by atoms with van der Waals surface area (Å²) in [6.07, 6.45) is -0.201. The first-order valence-corrected chi connectivity index (χ1v) is 6.11. The summed E-state index contributed by atoms with van der Waals surface area (Å²) in [6.45, 7) is 0. The van der Waals surface area contributed by atoms with Crippen molar-refractivity contribution in [1.29, 1.82) is 0 Å². The number of phenols is 1. The van der Waals surface area contributed by atoms with Crippen LogP contribution in [-0.4, -0.2) is 11.0 Å². The van der Waals surface area contributed by atoms with Crippen molar-refractivity contribution in [3.63, 3.8) is 0 Å². The molecule has 2 aromatic carbocycles. The highest BCUT2D eigenvalue weighted by Crippen LogP contribution is 2.30. The molecule has 0 aliphatic rings. The number of halogens is 2. The van der Waals surface area contributed by atoms with Crippen LogP contribution in [0.3, 0.4) is 0 Å². The first kappa shape index (κ1) is 14.1. The Kier molecular flexibility index (Phi) is 4.42. The van der Waals surface area contributed by atoms with Crippen LogP contribution in [0.1, 0.15) is 5.56 Å². The maximum atomic E-state index is 13.6. The number of hydrogen-bond donors (Lipinski definition) is 2. The lowest BCUT2D eigenvalue weighted by molar-refractivity contribution is -0.118. The Morgan fingerprint density at radius 3 is 2.75 bits per heavy atom. The summed E-state index contributed by atoms with van der Waals surface area (Å²) in [5.41, 5.74) is 0.149. The molecule has 1 amide bonds. The Hall–Kier alpha value is -2.27. The van der Waals surface area contributed by atoms with Crippen molar-refractivity contribution < 1.29 is 19.0 Å². The minimum Gasteiger partial charge on any atom is -0.504 e. The van der Waals surface area contributed by atoms with Crippen LogP contribution >= 0.6 is 11.8 Å². The lowest BCUT2D eigenvalue weighted by Gasteiger charge is -2.09. The van der Waals surface area contributed by atoms with Crippen LogP contribution in [0.25, 0.3) is 0 Å². The van der Waals surface area contributed by atoms with E-state index in [0.29, 0.717) is 5.75 Å². The molecule has 20 heavy (non-hydrogen) atoms. The fraction of sp³-hybridized carbons (Fsp3) is 0.0714. The van der Waals surface area contributed by atoms with Gasteiger partial charge in [-0.05, 0) is 30.3 Å². The monoisotopic (exact) mass is 295 g/mol. The van der Waals surface area contributed by atoms with Gasteiger partial charge >= 0.3 is 0 Å². The van der Waals surface area contributed by atoms with E-state index in [4.69, 9.17) is 16.5 Å². The molecule has 2 rings (SSSR count). The molecule has 0 aromatic heterocycles. The standard InChI is InChI=1S/C14H11ClFNO3/c15-17-14(19)8-9-7-10(5-6-11(9)16)20-13-4-2-1-3-12(13)18/h1-7,18H,8H2,(H,17,19). The second-order valence-corrected chi connectivity index (χ2v) is 4.21. The fourth-order valence-electron chi connectivity index (χ4n) is 1.63. The van der Waals surface area contributed by atoms with Gasteiger partial charge in [0.25, 0.3) is 0 Å². The predicted octanol–water partition coefficient (Wildman–Crippen LogP) is 3.14. The third-order valence-electron chi connectivity index (χ3n) is 2.57. The summed E-state index contributed by atoms with van der Waals surface area (Å²) in [6, 6.07) is 10.4. The Morgan fingerprint density at radius 2 is 2.05 bits per heavy atom. The van der Waals surface area contributed by atoms with Gasteiger partial charge in [0.2, 0.25) is 5.91 Å². The molecule has 0 saturated carbocycles. The molecule has 0 aliphatic heterocycles. The average molecular weight is 296 g/mol. The van der Waals surface area contributed by atoms with Gasteiger partial charge in [0, 0.05) is 17.3 Å². The van der Waals surface area contributed by atoms with E-state index >= 15 is 0 Å². The molecule has 2 N–H and O–H groups in total. The van der Waals surface area contributed by atoms with Crippen molar-refractivity contribution in [2.75, 3.05) is 0 Å². The summed E-state index contributed by atoms with van der Waals surface area (Å²) >= 11 is 5.16. The summed E-state index contributed by atoms with van der Waals surface area (Å²) in [5.74, 6) is -0.533. The van der Waals surface area contributed by atoms with Crippen molar-refractivity contribution in [1.82, 2.24) is 4.84 Å². The molecule has 2 aromatic rings. The van der Waals surface area contributed by atoms with Crippen LogP contribution in [0.4, 0.5) is 4.39 Å². The second-order valence-electron chi connectivity index (χ2n) is 4.02. The number of carbonyl (C=O) groups is 1. The van der Waals surface area contributed by atoms with E-state index in [-0.39, 0.29) is 23.5 Å². The molecule has 0 unspecified atom stereocenters. The number of benzene rings is 2. The Balaban J connectivity index is 2.23. The molecule has 104 valence electrons. The van der Waals surface area contributed by atoms with Crippen molar-refractivity contribution in [3.8, 4) is 17.2 Å². The van der Waals surface area contributed by atoms with E-state index in [1.54, 1.807) is 18.2 Å². The summed E-state index contributed by atoms with van der Waals surface area (Å²) in [5, 5.41) is 9.60. The highest BCUT2D eigenvalue weighted by atomic mass is 35.5. The molecule has 0 radical (unpaired) electrons. The van der Waals surface area contributed by atoms with Gasteiger partial charge in [-0.25, -0.2) is 4.39 Å². The Labute approximate surface area is 119 Å². The van der Waals surface area contributed by atoms with Crippen molar-refractivity contribution in [3.05, 3.63) is 53.8 Å². The molecular formula is C14H11ClFNO3. The predicted molar refractivity (Wildman–Crippen MR) is 72.3 cm³/mol. The van der Waals surface area contributed by atoms with E-state index in [9.17, 15) is 14.3 Å². The minimum absolute atomic E-state index is 0.0307. The van der Waals surface area contributed by atoms with Crippen molar-refractivity contribution >= 4 is 17.7 Å². The zero-order chi connectivity index (χ0) is 14.5. The SMILES string of the molecule is O=C(Cc1cc(Oc2ccccc2O)ccc1F)NCl. The van der Waals surface area contributed by atoms with Crippen LogP contribution < -0.4 is 9.57 Å². The van der Waals surface area contributed by atoms with Gasteiger partial charge in [0.1, 0.15) is 11.6 Å². The highest BCUT2D eigenvalue weighted by molar-refractivity contribution is 6.21. The minimum atomic E-state index is -0.532. The first-order valence-electron chi connectivity index (χ1n) is 5.74. The number of hydrogen-bond acceptors (Lipinski definition) is 3. The molecule has 0 spiro atoms. The molecule has 0 saturated heterocycles. The number of rotatable bonds is 4. The van der Waals surface area contributed by atoms with E-state index in [1.165, 1.54) is 24.3 Å². The molecule has 0 aliphatic carbocycles. The molecular weight excluding hydrogens is 285 g/mol. The van der Waals surface area contributed by atoms with Crippen LogP contribution in [-0.2, 0) is 11.2 Å². The molecule has 4 nitrogen and oxygen atoms in total. The zero-order valence-corrected chi connectivity index (χ0v) is 11.0. The van der Waals surface area contributed by atoms with Gasteiger partial charge in [-0.2, -0.15) is 0 Å². The molecule has 0 fully saturated rings. The van der Waals surface area contributed by atoms with E-state index < -0.39 is 11.7 Å². The largest absolute Gasteiger partial charge is 0.504 e. The van der Waals surface area contributed by atoms with Crippen LogP contribution in [0.2, 0.25) is 0 Å². The van der Waals surface area contributed by atoms with Crippen molar-refractivity contribution in [2.45, 2.75) is 6.42 Å². The number of aromatic hydroxyl groups is 1. The smallest absolute Gasteiger partial charge is 0.238 e. The first-order chi connectivity index (χ1) is 9.60. The second kappa shape index (κ2) is 6.25. The molecule has 0 heterocycles. The van der Waals surface area contributed by atoms with Gasteiger partial charge in [0.05, 0.1) is 6.42 Å². The van der Waals surface area contributed by atoms with E-state index in [0.717, 1.165) is 0 Å². The number of nitrogens with one attached hydrogen (secondary N) is 1. The lowest BCUT2D eigenvalue weighted by atomic mass is 10.1. The Bertz CT molecular complexity index is 634. The number of phenolic OH excluding ortho intramolecular Hbond substituents is 1. The quantitative estimate of drug-likeness (QED) is 0.852. The topological polar surface area (TPSA) is 58.6 Å². The number of ether oxygens (including phenoxy) is 1. The number of amides is 1. The summed E-state index contributed by atoms with van der Waals surface area (Å²) in [4.78, 5) is 13.1. The van der Waals surface area contributed by atoms with Gasteiger partial charge in [0.15, 0.2) is 11.5 Å². The van der Waals surface area contributed by atoms with Gasteiger partial charge in [-0.1, -0.05) is 12.1 Å². The van der Waals surface area contributed by atoms with Crippen LogP contribution in [0.15, 0.2) is 42.5 Å². The normalized spacial score (nSPS) is 10.1. The average Bonchev–Trinajstić information content (AvgIpc) is 2.45. The maximum Gasteiger partial charge on any atom is 0.238 e. The molecule has 0 atom stereocenters. The third-order valence-corrected chi connectivity index (χ3v) is 2.78. The highest BCUT2D eigenvalue weighted by Gasteiger charge is 2.10. The van der Waals surface area contributed by atoms with Gasteiger partial charge in [-0.15, -0.1) is 0 Å². The number of carbonyl (C=O) groups excluding carboxylic acids is 1. The fourth-order valence-corrected chi connectivity index (χ4v) is 1.69. The van der Waals surface area contributed by atoms with Crippen LogP contribution in [0, 0.1) is 5.82 Å².